The molecule has 14 heteroatoms. The zero-order valence-electron chi connectivity index (χ0n) is 22.4. The summed E-state index contributed by atoms with van der Waals surface area (Å²) in [4.78, 5) is 23.0. The van der Waals surface area contributed by atoms with Gasteiger partial charge in [-0.1, -0.05) is 0 Å². The first kappa shape index (κ1) is 29.2. The van der Waals surface area contributed by atoms with Crippen LogP contribution >= 0.6 is 0 Å². The fourth-order valence-corrected chi connectivity index (χ4v) is 4.12. The molecule has 0 atom stereocenters. The van der Waals surface area contributed by atoms with Gasteiger partial charge < -0.3 is 39.7 Å². The maximum absolute atomic E-state index is 12.0. The van der Waals surface area contributed by atoms with Gasteiger partial charge in [-0.2, -0.15) is 5.26 Å². The number of nitrogens with zero attached hydrogens (tertiary/aromatic N) is 4. The molecule has 0 aliphatic carbocycles. The molecule has 2 aliphatic heterocycles. The van der Waals surface area contributed by atoms with E-state index in [1.165, 1.54) is 6.20 Å². The van der Waals surface area contributed by atoms with Crippen LogP contribution in [0, 0.1) is 11.3 Å². The number of ether oxygens (including phenoxy) is 5. The molecule has 4 heterocycles. The number of nitriles is 1. The van der Waals surface area contributed by atoms with Crippen LogP contribution in [0.3, 0.4) is 0 Å². The summed E-state index contributed by atoms with van der Waals surface area (Å²) in [6.07, 6.45) is 3.15. The number of hydrogen-bond acceptors (Lipinski definition) is 14. The molecule has 14 nitrogen and oxygen atoms in total. The molecule has 0 saturated carbocycles. The van der Waals surface area contributed by atoms with Gasteiger partial charge in [0.2, 0.25) is 0 Å². The van der Waals surface area contributed by atoms with E-state index in [1.807, 2.05) is 11.0 Å². The van der Waals surface area contributed by atoms with Gasteiger partial charge >= 0.3 is 5.97 Å². The van der Waals surface area contributed by atoms with Gasteiger partial charge in [0, 0.05) is 44.6 Å². The zero-order valence-corrected chi connectivity index (χ0v) is 22.4. The van der Waals surface area contributed by atoms with Crippen LogP contribution in [0.1, 0.15) is 18.4 Å². The second-order valence-electron chi connectivity index (χ2n) is 9.15. The third kappa shape index (κ3) is 9.18. The van der Waals surface area contributed by atoms with Crippen LogP contribution < -0.4 is 26.6 Å². The van der Waals surface area contributed by atoms with Crippen molar-refractivity contribution >= 4 is 29.1 Å². The maximum atomic E-state index is 12.0. The first-order valence-electron chi connectivity index (χ1n) is 13.3. The van der Waals surface area contributed by atoms with Gasteiger partial charge in [-0.15, -0.1) is 0 Å². The Hall–Kier alpha value is -3.74. The molecule has 0 amide bonds. The Balaban J connectivity index is 1.30. The predicted molar refractivity (Wildman–Crippen MR) is 146 cm³/mol. The molecule has 0 bridgehead atoms. The van der Waals surface area contributed by atoms with E-state index in [0.717, 1.165) is 25.9 Å². The van der Waals surface area contributed by atoms with Crippen molar-refractivity contribution in [1.82, 2.24) is 14.9 Å². The van der Waals surface area contributed by atoms with E-state index >= 15 is 0 Å². The second-order valence-corrected chi connectivity index (χ2v) is 9.15. The van der Waals surface area contributed by atoms with Gasteiger partial charge in [0.1, 0.15) is 25.1 Å². The minimum absolute atomic E-state index is 0.171. The number of nitrogens with one attached hydrogen (secondary N) is 3. The number of aromatic nitrogens is 2. The van der Waals surface area contributed by atoms with E-state index in [4.69, 9.17) is 39.8 Å². The largest absolute Gasteiger partial charge is 0.487 e. The lowest BCUT2D eigenvalue weighted by Gasteiger charge is -2.25. The Morgan fingerprint density at radius 2 is 1.88 bits per heavy atom. The number of nitrogen functional groups attached to an aromatic ring is 1. The highest BCUT2D eigenvalue weighted by Gasteiger charge is 2.19. The van der Waals surface area contributed by atoms with Crippen LogP contribution in [0.2, 0.25) is 0 Å². The first-order chi connectivity index (χ1) is 19.6. The van der Waals surface area contributed by atoms with Crippen molar-refractivity contribution in [3.63, 3.8) is 0 Å². The summed E-state index contributed by atoms with van der Waals surface area (Å²) in [6, 6.07) is 7.31. The van der Waals surface area contributed by atoms with E-state index in [-0.39, 0.29) is 45.0 Å². The number of hydrogen-bond donors (Lipinski definition) is 4. The topological polar surface area (TPSA) is 178 Å². The summed E-state index contributed by atoms with van der Waals surface area (Å²) in [5.41, 5.74) is 3.59. The second kappa shape index (κ2) is 15.8. The molecule has 2 aromatic rings. The summed E-state index contributed by atoms with van der Waals surface area (Å²) in [7, 11) is 0. The molecule has 0 aromatic carbocycles. The van der Waals surface area contributed by atoms with Gasteiger partial charge in [0.15, 0.2) is 17.4 Å². The highest BCUT2D eigenvalue weighted by atomic mass is 16.6. The third-order valence-corrected chi connectivity index (χ3v) is 6.28. The molecule has 2 aliphatic rings. The van der Waals surface area contributed by atoms with E-state index in [1.54, 1.807) is 18.2 Å². The number of pyridine rings is 2. The summed E-state index contributed by atoms with van der Waals surface area (Å²) in [6.45, 7) is 5.30. The highest BCUT2D eigenvalue weighted by Crippen LogP contribution is 2.33. The van der Waals surface area contributed by atoms with Crippen LogP contribution in [-0.4, -0.2) is 99.4 Å². The van der Waals surface area contributed by atoms with E-state index in [9.17, 15) is 4.79 Å². The average molecular weight is 557 g/mol. The van der Waals surface area contributed by atoms with E-state index in [0.29, 0.717) is 60.9 Å². The molecule has 0 unspecified atom stereocenters. The fraction of sp³-hybridized carbons (Fsp3) is 0.538. The lowest BCUT2D eigenvalue weighted by atomic mass is 10.1. The Bertz CT molecular complexity index is 1120. The van der Waals surface area contributed by atoms with Crippen LogP contribution in [-0.2, 0) is 23.7 Å². The van der Waals surface area contributed by atoms with Crippen LogP contribution in [0.4, 0.5) is 23.1 Å². The maximum Gasteiger partial charge on any atom is 0.320 e. The van der Waals surface area contributed by atoms with Gasteiger partial charge in [0.05, 0.1) is 44.2 Å². The number of carbonyl (C=O) groups is 1. The summed E-state index contributed by atoms with van der Waals surface area (Å²) in [5.74, 6) is 7.50. The number of carbonyl (C=O) groups excluding carboxylic acids is 1. The van der Waals surface area contributed by atoms with Gasteiger partial charge in [-0.25, -0.2) is 9.97 Å². The summed E-state index contributed by atoms with van der Waals surface area (Å²) < 4.78 is 27.6. The average Bonchev–Trinajstić information content (AvgIpc) is 2.99. The van der Waals surface area contributed by atoms with Crippen molar-refractivity contribution in [3.8, 4) is 11.8 Å². The Kier molecular flexibility index (Phi) is 11.5. The zero-order chi connectivity index (χ0) is 28.0. The lowest BCUT2D eigenvalue weighted by Crippen LogP contribution is -2.40. The minimum Gasteiger partial charge on any atom is -0.487 e. The number of hydrazine groups is 1. The normalized spacial score (nSPS) is 16.1. The number of morpholine rings is 1. The van der Waals surface area contributed by atoms with Crippen molar-refractivity contribution < 1.29 is 28.5 Å². The number of rotatable bonds is 14. The summed E-state index contributed by atoms with van der Waals surface area (Å²) >= 11 is 0. The predicted octanol–water partition coefficient (Wildman–Crippen LogP) is 1.24. The van der Waals surface area contributed by atoms with E-state index in [2.05, 4.69) is 21.0 Å². The minimum atomic E-state index is -0.275. The van der Waals surface area contributed by atoms with Crippen LogP contribution in [0.15, 0.2) is 24.4 Å². The number of nitrogens with two attached hydrogens (primary N) is 1. The Morgan fingerprint density at radius 3 is 2.60 bits per heavy atom. The van der Waals surface area contributed by atoms with Crippen molar-refractivity contribution in [2.75, 3.05) is 88.5 Å². The molecule has 4 rings (SSSR count). The Morgan fingerprint density at radius 1 is 1.10 bits per heavy atom. The molecule has 2 aromatic heterocycles. The molecule has 0 spiro atoms. The molecular formula is C26H36N8O6. The molecule has 0 radical (unpaired) electrons. The van der Waals surface area contributed by atoms with Crippen LogP contribution in [0.5, 0.6) is 5.75 Å². The summed E-state index contributed by atoms with van der Waals surface area (Å²) in [5, 5.41) is 15.6. The van der Waals surface area contributed by atoms with Crippen molar-refractivity contribution in [2.24, 2.45) is 5.84 Å². The van der Waals surface area contributed by atoms with Gasteiger partial charge in [-0.3, -0.25) is 15.5 Å². The van der Waals surface area contributed by atoms with Crippen molar-refractivity contribution in [2.45, 2.75) is 18.9 Å². The quantitative estimate of drug-likeness (QED) is 0.113. The monoisotopic (exact) mass is 556 g/mol. The highest BCUT2D eigenvalue weighted by molar-refractivity contribution is 5.75. The molecule has 2 fully saturated rings. The van der Waals surface area contributed by atoms with E-state index < -0.39 is 0 Å². The smallest absolute Gasteiger partial charge is 0.320 e. The third-order valence-electron chi connectivity index (χ3n) is 6.28. The first-order valence-corrected chi connectivity index (χ1v) is 13.3. The van der Waals surface area contributed by atoms with Crippen molar-refractivity contribution in [3.05, 3.63) is 30.0 Å². The van der Waals surface area contributed by atoms with Gasteiger partial charge in [0.25, 0.3) is 0 Å². The Labute approximate surface area is 233 Å². The molecule has 40 heavy (non-hydrogen) atoms. The molecule has 5 N–H and O–H groups in total. The molecule has 2 saturated heterocycles. The fourth-order valence-electron chi connectivity index (χ4n) is 4.12. The van der Waals surface area contributed by atoms with Gasteiger partial charge in [-0.05, 0) is 25.0 Å². The standard InChI is InChI=1S/C26H36N8O6/c27-16-19-1-2-23(29-17-19)31-25-21(33-28)15-22(26(32-25)30-20-3-7-36-8-4-20)39-13-11-38-12-14-40-24(35)18-34-5-9-37-10-6-34/h1-2,15,17,20,33H,3-14,18,28H2,(H2,29,30,31,32). The molecular weight excluding hydrogens is 520 g/mol. The number of esters is 1. The SMILES string of the molecule is N#Cc1ccc(Nc2nc(NC3CCOCC3)c(OCCOCCOC(=O)CN3CCOCC3)cc2NN)nc1. The lowest BCUT2D eigenvalue weighted by molar-refractivity contribution is -0.147. The molecule has 216 valence electrons. The van der Waals surface area contributed by atoms with Crippen molar-refractivity contribution in [1.29, 1.82) is 5.26 Å². The van der Waals surface area contributed by atoms with Crippen LogP contribution in [0.25, 0.3) is 0 Å². The number of anilines is 4.